The smallest absolute Gasteiger partial charge is 0.303 e. The highest BCUT2D eigenvalue weighted by molar-refractivity contribution is 9.10. The van der Waals surface area contributed by atoms with Crippen molar-refractivity contribution < 1.29 is 9.90 Å². The van der Waals surface area contributed by atoms with Crippen LogP contribution in [0.2, 0.25) is 0 Å². The van der Waals surface area contributed by atoms with Gasteiger partial charge in [-0.05, 0) is 52.5 Å². The van der Waals surface area contributed by atoms with Crippen molar-refractivity contribution in [1.82, 2.24) is 9.78 Å². The molecular weight excluding hydrogens is 296 g/mol. The predicted molar refractivity (Wildman–Crippen MR) is 71.8 cm³/mol. The quantitative estimate of drug-likeness (QED) is 0.923. The van der Waals surface area contributed by atoms with Crippen LogP contribution in [0.4, 0.5) is 0 Å². The second-order valence-electron chi connectivity index (χ2n) is 3.98. The standard InChI is InChI=1S/C13H13BrN2O2/c14-11-9-10(3-1-4-13(17)18)5-6-12(11)16-8-2-7-15-16/h2,5-9H,1,3-4H2,(H,17,18). The Labute approximate surface area is 113 Å². The Bertz CT molecular complexity index is 538. The second-order valence-corrected chi connectivity index (χ2v) is 4.84. The van der Waals surface area contributed by atoms with Crippen molar-refractivity contribution in [2.24, 2.45) is 0 Å². The second kappa shape index (κ2) is 5.82. The summed E-state index contributed by atoms with van der Waals surface area (Å²) in [7, 11) is 0. The minimum absolute atomic E-state index is 0.207. The normalized spacial score (nSPS) is 10.5. The highest BCUT2D eigenvalue weighted by Gasteiger charge is 2.04. The molecule has 0 saturated heterocycles. The molecule has 2 rings (SSSR count). The minimum Gasteiger partial charge on any atom is -0.481 e. The zero-order chi connectivity index (χ0) is 13.0. The fourth-order valence-electron chi connectivity index (χ4n) is 1.75. The molecule has 0 bridgehead atoms. The van der Waals surface area contributed by atoms with Crippen molar-refractivity contribution in [2.45, 2.75) is 19.3 Å². The van der Waals surface area contributed by atoms with E-state index in [1.165, 1.54) is 0 Å². The Balaban J connectivity index is 2.08. The van der Waals surface area contributed by atoms with Crippen molar-refractivity contribution in [1.29, 1.82) is 0 Å². The fraction of sp³-hybridized carbons (Fsp3) is 0.231. The van der Waals surface area contributed by atoms with Gasteiger partial charge in [0, 0.05) is 23.3 Å². The first-order valence-corrected chi connectivity index (χ1v) is 6.46. The average Bonchev–Trinajstić information content (AvgIpc) is 2.82. The molecule has 1 aromatic carbocycles. The van der Waals surface area contributed by atoms with E-state index in [0.29, 0.717) is 6.42 Å². The highest BCUT2D eigenvalue weighted by atomic mass is 79.9. The van der Waals surface area contributed by atoms with Gasteiger partial charge in [0.25, 0.3) is 0 Å². The first kappa shape index (κ1) is 12.8. The molecule has 0 aliphatic rings. The van der Waals surface area contributed by atoms with E-state index < -0.39 is 5.97 Å². The molecule has 18 heavy (non-hydrogen) atoms. The van der Waals surface area contributed by atoms with Gasteiger partial charge >= 0.3 is 5.97 Å². The number of aliphatic carboxylic acids is 1. The van der Waals surface area contributed by atoms with Gasteiger partial charge in [-0.3, -0.25) is 4.79 Å². The number of hydrogen-bond donors (Lipinski definition) is 1. The van der Waals surface area contributed by atoms with E-state index in [4.69, 9.17) is 5.11 Å². The molecule has 0 spiro atoms. The molecule has 0 aliphatic heterocycles. The lowest BCUT2D eigenvalue weighted by atomic mass is 10.1. The third kappa shape index (κ3) is 3.20. The third-order valence-corrected chi connectivity index (χ3v) is 3.25. The fourth-order valence-corrected chi connectivity index (χ4v) is 2.35. The van der Waals surface area contributed by atoms with E-state index in [2.05, 4.69) is 21.0 Å². The molecule has 5 heteroatoms. The van der Waals surface area contributed by atoms with Crippen molar-refractivity contribution in [3.05, 3.63) is 46.7 Å². The summed E-state index contributed by atoms with van der Waals surface area (Å²) in [5.74, 6) is -0.748. The summed E-state index contributed by atoms with van der Waals surface area (Å²) in [6, 6.07) is 7.86. The Morgan fingerprint density at radius 1 is 1.44 bits per heavy atom. The maximum absolute atomic E-state index is 10.4. The number of carbonyl (C=O) groups is 1. The van der Waals surface area contributed by atoms with E-state index in [9.17, 15) is 4.79 Å². The van der Waals surface area contributed by atoms with Gasteiger partial charge < -0.3 is 5.11 Å². The van der Waals surface area contributed by atoms with Crippen molar-refractivity contribution in [2.75, 3.05) is 0 Å². The van der Waals surface area contributed by atoms with E-state index >= 15 is 0 Å². The van der Waals surface area contributed by atoms with Crippen LogP contribution in [0.25, 0.3) is 5.69 Å². The van der Waals surface area contributed by atoms with Gasteiger partial charge in [-0.2, -0.15) is 5.10 Å². The van der Waals surface area contributed by atoms with Gasteiger partial charge in [0.05, 0.1) is 5.69 Å². The molecule has 94 valence electrons. The number of hydrogen-bond acceptors (Lipinski definition) is 2. The molecule has 1 aromatic heterocycles. The van der Waals surface area contributed by atoms with Gasteiger partial charge in [0.1, 0.15) is 0 Å². The van der Waals surface area contributed by atoms with Crippen LogP contribution in [0.5, 0.6) is 0 Å². The number of halogens is 1. The van der Waals surface area contributed by atoms with Crippen molar-refractivity contribution in [3.63, 3.8) is 0 Å². The molecule has 0 amide bonds. The summed E-state index contributed by atoms with van der Waals surface area (Å²) in [6.07, 6.45) is 5.24. The van der Waals surface area contributed by atoms with Crippen LogP contribution in [-0.2, 0) is 11.2 Å². The molecule has 0 radical (unpaired) electrons. The lowest BCUT2D eigenvalue weighted by Gasteiger charge is -2.07. The molecule has 4 nitrogen and oxygen atoms in total. The molecule has 0 atom stereocenters. The van der Waals surface area contributed by atoms with E-state index in [1.807, 2.05) is 30.5 Å². The first-order valence-electron chi connectivity index (χ1n) is 5.67. The number of benzene rings is 1. The summed E-state index contributed by atoms with van der Waals surface area (Å²) < 4.78 is 2.74. The first-order chi connectivity index (χ1) is 8.66. The Kier molecular flexibility index (Phi) is 4.15. The zero-order valence-corrected chi connectivity index (χ0v) is 11.3. The lowest BCUT2D eigenvalue weighted by Crippen LogP contribution is -1.98. The van der Waals surface area contributed by atoms with E-state index in [1.54, 1.807) is 10.9 Å². The van der Waals surface area contributed by atoms with Crippen LogP contribution >= 0.6 is 15.9 Å². The molecule has 0 aliphatic carbocycles. The predicted octanol–water partition coefficient (Wildman–Crippen LogP) is 3.04. The largest absolute Gasteiger partial charge is 0.481 e. The molecule has 2 aromatic rings. The summed E-state index contributed by atoms with van der Waals surface area (Å²) in [5, 5.41) is 12.8. The van der Waals surface area contributed by atoms with Gasteiger partial charge in [-0.25, -0.2) is 4.68 Å². The molecule has 0 saturated carbocycles. The number of aryl methyl sites for hydroxylation is 1. The number of carboxylic acid groups (broad SMARTS) is 1. The van der Waals surface area contributed by atoms with Crippen LogP contribution in [0, 0.1) is 0 Å². The van der Waals surface area contributed by atoms with Crippen LogP contribution in [0.15, 0.2) is 41.1 Å². The van der Waals surface area contributed by atoms with E-state index in [-0.39, 0.29) is 6.42 Å². The number of rotatable bonds is 5. The summed E-state index contributed by atoms with van der Waals surface area (Å²) in [5.41, 5.74) is 2.10. The van der Waals surface area contributed by atoms with Crippen LogP contribution < -0.4 is 0 Å². The minimum atomic E-state index is -0.748. The SMILES string of the molecule is O=C(O)CCCc1ccc(-n2cccn2)c(Br)c1. The Hall–Kier alpha value is -1.62. The van der Waals surface area contributed by atoms with Gasteiger partial charge in [0.2, 0.25) is 0 Å². The van der Waals surface area contributed by atoms with Crippen molar-refractivity contribution >= 4 is 21.9 Å². The molecule has 0 fully saturated rings. The Morgan fingerprint density at radius 3 is 2.89 bits per heavy atom. The van der Waals surface area contributed by atoms with Crippen LogP contribution in [0.3, 0.4) is 0 Å². The summed E-state index contributed by atoms with van der Waals surface area (Å²) >= 11 is 3.51. The monoisotopic (exact) mass is 308 g/mol. The van der Waals surface area contributed by atoms with Crippen molar-refractivity contribution in [3.8, 4) is 5.69 Å². The zero-order valence-electron chi connectivity index (χ0n) is 9.71. The number of nitrogens with zero attached hydrogens (tertiary/aromatic N) is 2. The topological polar surface area (TPSA) is 55.1 Å². The summed E-state index contributed by atoms with van der Waals surface area (Å²) in [4.78, 5) is 10.4. The lowest BCUT2D eigenvalue weighted by molar-refractivity contribution is -0.137. The highest BCUT2D eigenvalue weighted by Crippen LogP contribution is 2.22. The average molecular weight is 309 g/mol. The third-order valence-electron chi connectivity index (χ3n) is 2.62. The van der Waals surface area contributed by atoms with Gasteiger partial charge in [-0.1, -0.05) is 6.07 Å². The maximum Gasteiger partial charge on any atom is 0.303 e. The van der Waals surface area contributed by atoms with E-state index in [0.717, 1.165) is 22.1 Å². The van der Waals surface area contributed by atoms with Crippen LogP contribution in [0.1, 0.15) is 18.4 Å². The van der Waals surface area contributed by atoms with Crippen LogP contribution in [-0.4, -0.2) is 20.9 Å². The number of aromatic nitrogens is 2. The van der Waals surface area contributed by atoms with Gasteiger partial charge in [0.15, 0.2) is 0 Å². The molecule has 1 N–H and O–H groups in total. The van der Waals surface area contributed by atoms with Gasteiger partial charge in [-0.15, -0.1) is 0 Å². The summed E-state index contributed by atoms with van der Waals surface area (Å²) in [6.45, 7) is 0. The molecular formula is C13H13BrN2O2. The Morgan fingerprint density at radius 2 is 2.28 bits per heavy atom. The molecule has 0 unspecified atom stereocenters. The molecule has 1 heterocycles. The number of carboxylic acids is 1. The maximum atomic E-state index is 10.4.